The highest BCUT2D eigenvalue weighted by Gasteiger charge is 2.30. The largest absolute Gasteiger partial charge is 0.478 e. The highest BCUT2D eigenvalue weighted by Crippen LogP contribution is 2.22. The van der Waals surface area contributed by atoms with Crippen LogP contribution < -0.4 is 4.72 Å². The van der Waals surface area contributed by atoms with Crippen LogP contribution in [0.1, 0.15) is 23.7 Å². The third kappa shape index (κ3) is 4.01. The van der Waals surface area contributed by atoms with Gasteiger partial charge < -0.3 is 14.6 Å². The molecular weight excluding hydrogens is 298 g/mol. The third-order valence-electron chi connectivity index (χ3n) is 3.16. The number of sulfonamides is 1. The first-order valence-corrected chi connectivity index (χ1v) is 7.92. The number of rotatable bonds is 6. The summed E-state index contributed by atoms with van der Waals surface area (Å²) in [5, 5.41) is 8.88. The molecule has 0 radical (unpaired) electrons. The maximum atomic E-state index is 12.1. The molecule has 21 heavy (non-hydrogen) atoms. The first kappa shape index (κ1) is 15.9. The molecule has 2 rings (SSSR count). The molecule has 0 aliphatic carbocycles. The van der Waals surface area contributed by atoms with Gasteiger partial charge >= 0.3 is 5.97 Å². The van der Waals surface area contributed by atoms with Crippen LogP contribution in [0.4, 0.5) is 0 Å². The summed E-state index contributed by atoms with van der Waals surface area (Å²) < 4.78 is 37.4. The third-order valence-corrected chi connectivity index (χ3v) is 4.62. The molecule has 0 unspecified atom stereocenters. The molecule has 0 amide bonds. The van der Waals surface area contributed by atoms with Crippen molar-refractivity contribution >= 4 is 16.0 Å². The average Bonchev–Trinajstić information content (AvgIpc) is 2.85. The maximum absolute atomic E-state index is 12.1. The second-order valence-electron chi connectivity index (χ2n) is 4.81. The second kappa shape index (κ2) is 6.10. The van der Waals surface area contributed by atoms with Crippen LogP contribution in [0, 0.1) is 0 Å². The minimum absolute atomic E-state index is 0.0766. The molecule has 1 heterocycles. The summed E-state index contributed by atoms with van der Waals surface area (Å²) >= 11 is 0. The number of aromatic carboxylic acids is 1. The molecule has 116 valence electrons. The summed E-state index contributed by atoms with van der Waals surface area (Å²) in [5.41, 5.74) is -0.0766. The van der Waals surface area contributed by atoms with Crippen molar-refractivity contribution in [1.29, 1.82) is 0 Å². The molecule has 0 atom stereocenters. The lowest BCUT2D eigenvalue weighted by molar-refractivity contribution is -0.145. The van der Waals surface area contributed by atoms with Crippen molar-refractivity contribution < 1.29 is 27.8 Å². The standard InChI is InChI=1S/C13H17NO6S/c1-13(19-7-8-20-13)5-6-14-21(17,18)11-4-2-3-10(9-11)12(15)16/h2-4,9,14H,5-8H2,1H3,(H,15,16). The monoisotopic (exact) mass is 315 g/mol. The fourth-order valence-electron chi connectivity index (χ4n) is 1.99. The van der Waals surface area contributed by atoms with E-state index in [-0.39, 0.29) is 17.0 Å². The lowest BCUT2D eigenvalue weighted by Gasteiger charge is -2.22. The van der Waals surface area contributed by atoms with Crippen LogP contribution in [-0.2, 0) is 19.5 Å². The Morgan fingerprint density at radius 3 is 2.67 bits per heavy atom. The lowest BCUT2D eigenvalue weighted by Crippen LogP contribution is -2.33. The van der Waals surface area contributed by atoms with Gasteiger partial charge in [0, 0.05) is 13.0 Å². The predicted octanol–water partition coefficient (Wildman–Crippen LogP) is 0.816. The quantitative estimate of drug-likeness (QED) is 0.805. The van der Waals surface area contributed by atoms with E-state index in [0.717, 1.165) is 6.07 Å². The summed E-state index contributed by atoms with van der Waals surface area (Å²) in [6.07, 6.45) is 0.366. The summed E-state index contributed by atoms with van der Waals surface area (Å²) in [6, 6.07) is 5.19. The topological polar surface area (TPSA) is 102 Å². The minimum atomic E-state index is -3.76. The van der Waals surface area contributed by atoms with Gasteiger partial charge in [0.2, 0.25) is 10.0 Å². The van der Waals surface area contributed by atoms with Crippen LogP contribution in [0.5, 0.6) is 0 Å². The number of benzene rings is 1. The Hall–Kier alpha value is -1.48. The summed E-state index contributed by atoms with van der Waals surface area (Å²) in [4.78, 5) is 10.8. The van der Waals surface area contributed by atoms with Gasteiger partial charge in [0.05, 0.1) is 23.7 Å². The van der Waals surface area contributed by atoms with Crippen molar-refractivity contribution in [3.05, 3.63) is 29.8 Å². The van der Waals surface area contributed by atoms with E-state index in [1.165, 1.54) is 18.2 Å². The van der Waals surface area contributed by atoms with Gasteiger partial charge in [0.1, 0.15) is 0 Å². The number of carboxylic acids is 1. The molecule has 0 saturated carbocycles. The first-order valence-electron chi connectivity index (χ1n) is 6.43. The number of nitrogens with one attached hydrogen (secondary N) is 1. The maximum Gasteiger partial charge on any atom is 0.335 e. The molecule has 1 saturated heterocycles. The Morgan fingerprint density at radius 2 is 2.05 bits per heavy atom. The summed E-state index contributed by atoms with van der Waals surface area (Å²) in [5.74, 6) is -1.95. The molecule has 1 aromatic carbocycles. The van der Waals surface area contributed by atoms with Gasteiger partial charge in [0.25, 0.3) is 0 Å². The molecule has 7 nitrogen and oxygen atoms in total. The molecule has 0 spiro atoms. The van der Waals surface area contributed by atoms with Gasteiger partial charge in [-0.15, -0.1) is 0 Å². The highest BCUT2D eigenvalue weighted by molar-refractivity contribution is 7.89. The number of carbonyl (C=O) groups is 1. The van der Waals surface area contributed by atoms with E-state index in [9.17, 15) is 13.2 Å². The summed E-state index contributed by atoms with van der Waals surface area (Å²) in [7, 11) is -3.76. The van der Waals surface area contributed by atoms with Crippen LogP contribution in [0.2, 0.25) is 0 Å². The Labute approximate surface area is 122 Å². The number of carboxylic acid groups (broad SMARTS) is 1. The minimum Gasteiger partial charge on any atom is -0.478 e. The predicted molar refractivity (Wildman–Crippen MR) is 73.5 cm³/mol. The normalized spacial score (nSPS) is 17.8. The van der Waals surface area contributed by atoms with Crippen LogP contribution in [0.3, 0.4) is 0 Å². The van der Waals surface area contributed by atoms with Gasteiger partial charge in [-0.2, -0.15) is 0 Å². The smallest absolute Gasteiger partial charge is 0.335 e. The Bertz CT molecular complexity index is 621. The van der Waals surface area contributed by atoms with Crippen molar-refractivity contribution in [2.24, 2.45) is 0 Å². The van der Waals surface area contributed by atoms with E-state index in [0.29, 0.717) is 19.6 Å². The van der Waals surface area contributed by atoms with Crippen LogP contribution in [-0.4, -0.2) is 45.0 Å². The van der Waals surface area contributed by atoms with Crippen molar-refractivity contribution in [3.63, 3.8) is 0 Å². The Kier molecular flexibility index (Phi) is 4.62. The fourth-order valence-corrected chi connectivity index (χ4v) is 3.07. The van der Waals surface area contributed by atoms with Crippen molar-refractivity contribution in [1.82, 2.24) is 4.72 Å². The Morgan fingerprint density at radius 1 is 1.38 bits per heavy atom. The SMILES string of the molecule is CC1(CCNS(=O)(=O)c2cccc(C(=O)O)c2)OCCO1. The van der Waals surface area contributed by atoms with Crippen molar-refractivity contribution in [3.8, 4) is 0 Å². The molecular formula is C13H17NO6S. The zero-order valence-electron chi connectivity index (χ0n) is 11.5. The average molecular weight is 315 g/mol. The van der Waals surface area contributed by atoms with Crippen molar-refractivity contribution in [2.75, 3.05) is 19.8 Å². The Balaban J connectivity index is 2.01. The molecule has 0 bridgehead atoms. The van der Waals surface area contributed by atoms with Gasteiger partial charge in [-0.1, -0.05) is 6.07 Å². The zero-order valence-corrected chi connectivity index (χ0v) is 12.4. The molecule has 1 aliphatic rings. The molecule has 1 fully saturated rings. The molecule has 0 aromatic heterocycles. The fraction of sp³-hybridized carbons (Fsp3) is 0.462. The lowest BCUT2D eigenvalue weighted by atomic mass is 10.2. The molecule has 1 aromatic rings. The first-order chi connectivity index (χ1) is 9.82. The summed E-state index contributed by atoms with van der Waals surface area (Å²) in [6.45, 7) is 2.86. The van der Waals surface area contributed by atoms with Crippen LogP contribution >= 0.6 is 0 Å². The highest BCUT2D eigenvalue weighted by atomic mass is 32.2. The van der Waals surface area contributed by atoms with Gasteiger partial charge in [0.15, 0.2) is 5.79 Å². The second-order valence-corrected chi connectivity index (χ2v) is 6.58. The zero-order chi connectivity index (χ0) is 15.5. The molecule has 1 aliphatic heterocycles. The van der Waals surface area contributed by atoms with Crippen LogP contribution in [0.25, 0.3) is 0 Å². The number of ether oxygens (including phenoxy) is 2. The van der Waals surface area contributed by atoms with Crippen molar-refractivity contribution in [2.45, 2.75) is 24.0 Å². The molecule has 8 heteroatoms. The van der Waals surface area contributed by atoms with Crippen LogP contribution in [0.15, 0.2) is 29.2 Å². The van der Waals surface area contributed by atoms with E-state index < -0.39 is 21.8 Å². The van der Waals surface area contributed by atoms with E-state index >= 15 is 0 Å². The number of hydrogen-bond acceptors (Lipinski definition) is 5. The van der Waals surface area contributed by atoms with E-state index in [1.54, 1.807) is 6.92 Å². The van der Waals surface area contributed by atoms with E-state index in [1.807, 2.05) is 0 Å². The molecule has 2 N–H and O–H groups in total. The van der Waals surface area contributed by atoms with Gasteiger partial charge in [-0.05, 0) is 25.1 Å². The number of hydrogen-bond donors (Lipinski definition) is 2. The van der Waals surface area contributed by atoms with E-state index in [2.05, 4.69) is 4.72 Å². The van der Waals surface area contributed by atoms with Gasteiger partial charge in [-0.3, -0.25) is 0 Å². The van der Waals surface area contributed by atoms with E-state index in [4.69, 9.17) is 14.6 Å². The van der Waals surface area contributed by atoms with Gasteiger partial charge in [-0.25, -0.2) is 17.9 Å².